The molecule has 29 heavy (non-hydrogen) atoms. The Bertz CT molecular complexity index is 1100. The van der Waals surface area contributed by atoms with Gasteiger partial charge >= 0.3 is 0 Å². The van der Waals surface area contributed by atoms with Crippen molar-refractivity contribution in [1.29, 1.82) is 0 Å². The molecule has 1 N–H and O–H groups in total. The van der Waals surface area contributed by atoms with E-state index >= 15 is 0 Å². The molecule has 0 radical (unpaired) electrons. The number of hydrogen-bond donors (Lipinski definition) is 1. The number of benzene rings is 2. The number of carbonyl (C=O) groups excluding carboxylic acids is 1. The molecule has 8 nitrogen and oxygen atoms in total. The van der Waals surface area contributed by atoms with Crippen molar-refractivity contribution in [2.45, 2.75) is 5.16 Å². The molecule has 0 saturated heterocycles. The maximum Gasteiger partial charge on any atom is 0.236 e. The number of nitrogens with zero attached hydrogens (tertiary/aromatic N) is 5. The van der Waals surface area contributed by atoms with Gasteiger partial charge in [-0.1, -0.05) is 42.1 Å². The number of anilines is 1. The Morgan fingerprint density at radius 1 is 1.17 bits per heavy atom. The number of rotatable bonds is 7. The van der Waals surface area contributed by atoms with E-state index in [2.05, 4.69) is 25.8 Å². The van der Waals surface area contributed by atoms with Crippen molar-refractivity contribution in [2.24, 2.45) is 0 Å². The number of hydrogen-bond acceptors (Lipinski definition) is 8. The predicted molar refractivity (Wildman–Crippen MR) is 113 cm³/mol. The first kappa shape index (κ1) is 19.1. The van der Waals surface area contributed by atoms with Gasteiger partial charge < -0.3 is 10.1 Å². The Kier molecular flexibility index (Phi) is 5.82. The molecule has 2 aromatic heterocycles. The number of thioether (sulfide) groups is 1. The number of carbonyl (C=O) groups is 1. The van der Waals surface area contributed by atoms with Gasteiger partial charge in [-0.05, 0) is 34.7 Å². The fourth-order valence-corrected chi connectivity index (χ4v) is 3.94. The van der Waals surface area contributed by atoms with E-state index < -0.39 is 0 Å². The molecule has 0 bridgehead atoms. The first-order chi connectivity index (χ1) is 14.2. The van der Waals surface area contributed by atoms with Crippen LogP contribution in [0, 0.1) is 0 Å². The van der Waals surface area contributed by atoms with Crippen LogP contribution in [0.4, 0.5) is 5.13 Å². The number of aromatic nitrogens is 5. The Labute approximate surface area is 174 Å². The zero-order valence-corrected chi connectivity index (χ0v) is 17.0. The summed E-state index contributed by atoms with van der Waals surface area (Å²) in [7, 11) is 1.61. The summed E-state index contributed by atoms with van der Waals surface area (Å²) in [6.45, 7) is 0. The quantitative estimate of drug-likeness (QED) is 0.454. The molecule has 0 aliphatic rings. The molecule has 2 heterocycles. The summed E-state index contributed by atoms with van der Waals surface area (Å²) < 4.78 is 6.74. The van der Waals surface area contributed by atoms with Crippen molar-refractivity contribution in [1.82, 2.24) is 25.2 Å². The average Bonchev–Trinajstić information content (AvgIpc) is 3.42. The second kappa shape index (κ2) is 8.84. The highest BCUT2D eigenvalue weighted by Gasteiger charge is 2.13. The summed E-state index contributed by atoms with van der Waals surface area (Å²) >= 11 is 2.64. The Hall–Kier alpha value is -3.24. The molecule has 0 atom stereocenters. The van der Waals surface area contributed by atoms with E-state index in [1.807, 2.05) is 60.0 Å². The lowest BCUT2D eigenvalue weighted by Crippen LogP contribution is -2.14. The molecule has 4 rings (SSSR count). The van der Waals surface area contributed by atoms with Gasteiger partial charge in [0.1, 0.15) is 5.75 Å². The summed E-state index contributed by atoms with van der Waals surface area (Å²) in [4.78, 5) is 16.8. The number of ether oxygens (including phenoxy) is 1. The predicted octanol–water partition coefficient (Wildman–Crippen LogP) is 3.53. The van der Waals surface area contributed by atoms with E-state index in [4.69, 9.17) is 4.74 Å². The van der Waals surface area contributed by atoms with Crippen molar-refractivity contribution in [3.8, 4) is 22.7 Å². The van der Waals surface area contributed by atoms with E-state index in [-0.39, 0.29) is 11.7 Å². The molecule has 1 amide bonds. The van der Waals surface area contributed by atoms with Crippen molar-refractivity contribution in [3.05, 3.63) is 60.0 Å². The third-order valence-corrected chi connectivity index (χ3v) is 5.59. The maximum atomic E-state index is 12.3. The average molecular weight is 425 g/mol. The Morgan fingerprint density at radius 2 is 1.97 bits per heavy atom. The summed E-state index contributed by atoms with van der Waals surface area (Å²) in [5.74, 6) is 0.735. The van der Waals surface area contributed by atoms with E-state index in [0.29, 0.717) is 10.3 Å². The first-order valence-corrected chi connectivity index (χ1v) is 10.5. The van der Waals surface area contributed by atoms with Crippen LogP contribution in [-0.4, -0.2) is 44.0 Å². The molecule has 0 saturated carbocycles. The largest absolute Gasteiger partial charge is 0.497 e. The van der Waals surface area contributed by atoms with Gasteiger partial charge in [0.2, 0.25) is 11.1 Å². The van der Waals surface area contributed by atoms with Gasteiger partial charge in [0, 0.05) is 10.9 Å². The van der Waals surface area contributed by atoms with Crippen molar-refractivity contribution in [2.75, 3.05) is 18.2 Å². The number of methoxy groups -OCH3 is 1. The number of thiazole rings is 1. The molecule has 0 aliphatic heterocycles. The van der Waals surface area contributed by atoms with Crippen LogP contribution < -0.4 is 10.1 Å². The highest BCUT2D eigenvalue weighted by atomic mass is 32.2. The van der Waals surface area contributed by atoms with Crippen LogP contribution in [0.3, 0.4) is 0 Å². The summed E-state index contributed by atoms with van der Waals surface area (Å²) in [6, 6.07) is 17.2. The number of tetrazole rings is 1. The topological polar surface area (TPSA) is 94.8 Å². The van der Waals surface area contributed by atoms with Crippen LogP contribution in [0.5, 0.6) is 5.75 Å². The lowest BCUT2D eigenvalue weighted by atomic mass is 10.2. The van der Waals surface area contributed by atoms with Gasteiger partial charge in [-0.2, -0.15) is 4.68 Å². The lowest BCUT2D eigenvalue weighted by molar-refractivity contribution is -0.113. The van der Waals surface area contributed by atoms with E-state index in [1.165, 1.54) is 23.1 Å². The standard InChI is InChI=1S/C19H16N6O2S2/c1-27-15-9-7-14(8-10-15)25-19(22-23-24-25)29-12-17(26)21-18-20-16(11-28-18)13-5-3-2-4-6-13/h2-11H,12H2,1H3,(H,20,21,26). The number of nitrogens with one attached hydrogen (secondary N) is 1. The van der Waals surface area contributed by atoms with E-state index in [9.17, 15) is 4.79 Å². The van der Waals surface area contributed by atoms with Gasteiger partial charge in [0.15, 0.2) is 5.13 Å². The molecule has 0 fully saturated rings. The molecule has 2 aromatic carbocycles. The minimum atomic E-state index is -0.173. The smallest absolute Gasteiger partial charge is 0.236 e. The van der Waals surface area contributed by atoms with Gasteiger partial charge in [0.05, 0.1) is 24.2 Å². The lowest BCUT2D eigenvalue weighted by Gasteiger charge is -2.05. The van der Waals surface area contributed by atoms with Gasteiger partial charge in [0.25, 0.3) is 0 Å². The second-order valence-corrected chi connectivity index (χ2v) is 7.61. The third kappa shape index (κ3) is 4.61. The normalized spacial score (nSPS) is 10.7. The number of amides is 1. The summed E-state index contributed by atoms with van der Waals surface area (Å²) in [5, 5.41) is 17.5. The van der Waals surface area contributed by atoms with Crippen LogP contribution in [0.2, 0.25) is 0 Å². The zero-order chi connectivity index (χ0) is 20.1. The fourth-order valence-electron chi connectivity index (χ4n) is 2.51. The highest BCUT2D eigenvalue weighted by molar-refractivity contribution is 7.99. The van der Waals surface area contributed by atoms with Gasteiger partial charge in [-0.15, -0.1) is 16.4 Å². The molecule has 4 aromatic rings. The molecule has 0 unspecified atom stereocenters. The van der Waals surface area contributed by atoms with E-state index in [1.54, 1.807) is 11.8 Å². The third-order valence-electron chi connectivity index (χ3n) is 3.91. The van der Waals surface area contributed by atoms with Crippen LogP contribution >= 0.6 is 23.1 Å². The maximum absolute atomic E-state index is 12.3. The highest BCUT2D eigenvalue weighted by Crippen LogP contribution is 2.25. The van der Waals surface area contributed by atoms with Crippen LogP contribution in [0.15, 0.2) is 65.1 Å². The van der Waals surface area contributed by atoms with Crippen molar-refractivity contribution < 1.29 is 9.53 Å². The van der Waals surface area contributed by atoms with E-state index in [0.717, 1.165) is 22.7 Å². The minimum absolute atomic E-state index is 0.163. The van der Waals surface area contributed by atoms with Crippen LogP contribution in [-0.2, 0) is 4.79 Å². The molecule has 0 spiro atoms. The molecule has 146 valence electrons. The molecular weight excluding hydrogens is 408 g/mol. The summed E-state index contributed by atoms with van der Waals surface area (Å²) in [5.41, 5.74) is 2.63. The Balaban J connectivity index is 1.37. The first-order valence-electron chi connectivity index (χ1n) is 8.59. The van der Waals surface area contributed by atoms with Gasteiger partial charge in [-0.25, -0.2) is 4.98 Å². The zero-order valence-electron chi connectivity index (χ0n) is 15.3. The molecule has 10 heteroatoms. The fraction of sp³-hybridized carbons (Fsp3) is 0.105. The SMILES string of the molecule is COc1ccc(-n2nnnc2SCC(=O)Nc2nc(-c3ccccc3)cs2)cc1. The van der Waals surface area contributed by atoms with Gasteiger partial charge in [-0.3, -0.25) is 4.79 Å². The Morgan fingerprint density at radius 3 is 2.72 bits per heavy atom. The minimum Gasteiger partial charge on any atom is -0.497 e. The van der Waals surface area contributed by atoms with Crippen molar-refractivity contribution >= 4 is 34.1 Å². The summed E-state index contributed by atoms with van der Waals surface area (Å²) in [6.07, 6.45) is 0. The monoisotopic (exact) mass is 424 g/mol. The van der Waals surface area contributed by atoms with Crippen LogP contribution in [0.25, 0.3) is 16.9 Å². The van der Waals surface area contributed by atoms with Crippen molar-refractivity contribution in [3.63, 3.8) is 0 Å². The second-order valence-electron chi connectivity index (χ2n) is 5.81. The van der Waals surface area contributed by atoms with Crippen LogP contribution in [0.1, 0.15) is 0 Å². The molecule has 0 aliphatic carbocycles. The molecular formula is C19H16N6O2S2.